The quantitative estimate of drug-likeness (QED) is 0.210. The third-order valence-corrected chi connectivity index (χ3v) is 8.58. The van der Waals surface area contributed by atoms with Crippen LogP contribution in [-0.2, 0) is 9.59 Å². The zero-order valence-electron chi connectivity index (χ0n) is 24.0. The molecule has 2 aliphatic rings. The average molecular weight is 663 g/mol. The lowest BCUT2D eigenvalue weighted by atomic mass is 9.85. The number of fused-ring (bicyclic) bond motifs is 1. The maximum Gasteiger partial charge on any atom is 0.292 e. The van der Waals surface area contributed by atoms with Crippen LogP contribution in [0.4, 0.5) is 0 Å². The second kappa shape index (κ2) is 15.1. The van der Waals surface area contributed by atoms with Gasteiger partial charge < -0.3 is 10.2 Å². The Kier molecular flexibility index (Phi) is 11.2. The number of carbonyl (C=O) groups is 6. The maximum absolute atomic E-state index is 13.3. The van der Waals surface area contributed by atoms with E-state index in [-0.39, 0.29) is 37.1 Å². The number of aliphatic hydroxyl groups is 2. The largest absolute Gasteiger partial charge is 0.391 e. The van der Waals surface area contributed by atoms with Crippen LogP contribution in [0.25, 0.3) is 0 Å². The van der Waals surface area contributed by atoms with Crippen LogP contribution < -0.4 is 21.7 Å². The fourth-order valence-corrected chi connectivity index (χ4v) is 6.01. The van der Waals surface area contributed by atoms with Gasteiger partial charge >= 0.3 is 0 Å². The second-order valence-electron chi connectivity index (χ2n) is 9.70. The maximum atomic E-state index is 13.3. The monoisotopic (exact) mass is 662 g/mol. The third kappa shape index (κ3) is 7.64. The number of nitrogens with one attached hydrogen (secondary N) is 4. The number of Topliss-reactive ketones (excluding diaryl/α,β-unsaturated/α-hetero) is 2. The molecular weight excluding hydrogens is 632 g/mol. The summed E-state index contributed by atoms with van der Waals surface area (Å²) in [6.45, 7) is 3.21. The van der Waals surface area contributed by atoms with Gasteiger partial charge in [-0.2, -0.15) is 0 Å². The highest BCUT2D eigenvalue weighted by molar-refractivity contribution is 8.18. The van der Waals surface area contributed by atoms with E-state index in [2.05, 4.69) is 42.3 Å². The molecule has 1 saturated carbocycles. The zero-order chi connectivity index (χ0) is 32.7. The van der Waals surface area contributed by atoms with Gasteiger partial charge in [0.05, 0.1) is 24.3 Å². The van der Waals surface area contributed by atoms with E-state index in [0.717, 1.165) is 21.5 Å². The minimum Gasteiger partial charge on any atom is -0.391 e. The number of hydrazine groups is 2. The molecule has 0 saturated heterocycles. The Labute approximate surface area is 263 Å². The van der Waals surface area contributed by atoms with Gasteiger partial charge in [0.2, 0.25) is 0 Å². The first-order valence-electron chi connectivity index (χ1n) is 13.7. The standard InChI is InChI=1S/C25H30N10O8S2/c1-3-14(36)20-22(15(37)4-2)34(32-28-20)12-9-17(39)13(10-16(12)38)35-23-21(29-33-35)24(42)30-26-18(40)5-7-44-11-45-8-6-19(41)27-31-25(23)43/h5-8,12-13,16-17,38-39H,3-4,9-11H2,1-2H3,(H,26,40)(H,27,41)(H,30,42)(H,31,43)/b7-5+,8-6+. The van der Waals surface area contributed by atoms with Crippen molar-refractivity contribution in [2.75, 3.05) is 5.08 Å². The first kappa shape index (κ1) is 33.5. The Morgan fingerprint density at radius 3 is 1.91 bits per heavy atom. The lowest BCUT2D eigenvalue weighted by molar-refractivity contribution is -0.118. The van der Waals surface area contributed by atoms with Crippen molar-refractivity contribution in [2.45, 2.75) is 63.8 Å². The fraction of sp³-hybridized carbons (Fsp3) is 0.440. The molecule has 6 N–H and O–H groups in total. The summed E-state index contributed by atoms with van der Waals surface area (Å²) in [4.78, 5) is 75.7. The number of hydrogen-bond acceptors (Lipinski definition) is 14. The van der Waals surface area contributed by atoms with Gasteiger partial charge in [-0.1, -0.05) is 24.3 Å². The summed E-state index contributed by atoms with van der Waals surface area (Å²) in [6, 6.07) is -2.11. The van der Waals surface area contributed by atoms with E-state index >= 15 is 0 Å². The molecular formula is C25H30N10O8S2. The molecule has 4 unspecified atom stereocenters. The van der Waals surface area contributed by atoms with Gasteiger partial charge in [-0.3, -0.25) is 50.5 Å². The summed E-state index contributed by atoms with van der Waals surface area (Å²) in [5.74, 6) is -4.27. The number of thioether (sulfide) groups is 2. The van der Waals surface area contributed by atoms with Gasteiger partial charge in [0.25, 0.3) is 23.6 Å². The number of ketones is 2. The fourth-order valence-electron chi connectivity index (χ4n) is 4.62. The highest BCUT2D eigenvalue weighted by Crippen LogP contribution is 2.37. The number of nitrogens with zero attached hydrogens (tertiary/aromatic N) is 6. The SMILES string of the molecule is CCC(=O)c1nnn(C2CC(O)C(n3nnc4c3C(=O)NNC(=O)/C=C/SCS/C=C/C(=O)NNC4=O)CC2O)c1C(=O)CC. The lowest BCUT2D eigenvalue weighted by Gasteiger charge is -2.37. The van der Waals surface area contributed by atoms with Crippen molar-refractivity contribution in [2.24, 2.45) is 0 Å². The van der Waals surface area contributed by atoms with Crippen LogP contribution in [0.15, 0.2) is 23.0 Å². The summed E-state index contributed by atoms with van der Waals surface area (Å²) in [5.41, 5.74) is 7.36. The number of aliphatic hydroxyl groups excluding tert-OH is 2. The smallest absolute Gasteiger partial charge is 0.292 e. The highest BCUT2D eigenvalue weighted by Gasteiger charge is 2.43. The summed E-state index contributed by atoms with van der Waals surface area (Å²) in [7, 11) is 0. The van der Waals surface area contributed by atoms with Crippen molar-refractivity contribution in [1.82, 2.24) is 51.7 Å². The molecule has 0 bridgehead atoms. The topological polar surface area (TPSA) is 252 Å². The Morgan fingerprint density at radius 2 is 1.33 bits per heavy atom. The van der Waals surface area contributed by atoms with Crippen LogP contribution in [0.1, 0.15) is 93.6 Å². The Hall–Kier alpha value is -4.40. The molecule has 0 spiro atoms. The minimum absolute atomic E-state index is 0.0362. The highest BCUT2D eigenvalue weighted by atomic mass is 32.2. The number of rotatable bonds is 6. The predicted molar refractivity (Wildman–Crippen MR) is 158 cm³/mol. The lowest BCUT2D eigenvalue weighted by Crippen LogP contribution is -2.46. The molecule has 1 aliphatic carbocycles. The molecule has 2 aromatic heterocycles. The number of hydrogen-bond donors (Lipinski definition) is 6. The summed E-state index contributed by atoms with van der Waals surface area (Å²) in [5, 5.41) is 41.4. The van der Waals surface area contributed by atoms with E-state index in [4.69, 9.17) is 0 Å². The van der Waals surface area contributed by atoms with E-state index in [1.54, 1.807) is 13.8 Å². The molecule has 4 rings (SSSR count). The Bertz CT molecular complexity index is 1550. The number of carbonyl (C=O) groups excluding carboxylic acids is 6. The summed E-state index contributed by atoms with van der Waals surface area (Å²) < 4.78 is 2.07. The van der Waals surface area contributed by atoms with Gasteiger partial charge in [-0.25, -0.2) is 9.36 Å². The molecule has 20 heteroatoms. The second-order valence-corrected chi connectivity index (χ2v) is 11.9. The molecule has 45 heavy (non-hydrogen) atoms. The van der Waals surface area contributed by atoms with Crippen molar-refractivity contribution in [3.63, 3.8) is 0 Å². The van der Waals surface area contributed by atoms with Crippen molar-refractivity contribution in [1.29, 1.82) is 0 Å². The van der Waals surface area contributed by atoms with Gasteiger partial charge in [0.1, 0.15) is 5.69 Å². The van der Waals surface area contributed by atoms with Crippen LogP contribution in [-0.4, -0.2) is 92.7 Å². The normalized spacial score (nSPS) is 24.7. The molecule has 1 aliphatic heterocycles. The van der Waals surface area contributed by atoms with E-state index in [1.807, 2.05) is 0 Å². The van der Waals surface area contributed by atoms with Crippen molar-refractivity contribution < 1.29 is 39.0 Å². The van der Waals surface area contributed by atoms with Crippen LogP contribution in [0.5, 0.6) is 0 Å². The van der Waals surface area contributed by atoms with Crippen LogP contribution in [0.3, 0.4) is 0 Å². The minimum atomic E-state index is -1.35. The molecule has 2 aromatic rings. The third-order valence-electron chi connectivity index (χ3n) is 6.84. The van der Waals surface area contributed by atoms with Crippen LogP contribution in [0.2, 0.25) is 0 Å². The molecule has 240 valence electrons. The van der Waals surface area contributed by atoms with E-state index in [1.165, 1.54) is 34.3 Å². The van der Waals surface area contributed by atoms with Crippen molar-refractivity contribution in [3.05, 3.63) is 45.7 Å². The van der Waals surface area contributed by atoms with Crippen LogP contribution >= 0.6 is 23.5 Å². The molecule has 3 heterocycles. The first-order chi connectivity index (χ1) is 21.6. The van der Waals surface area contributed by atoms with E-state index < -0.39 is 70.9 Å². The van der Waals surface area contributed by atoms with Crippen molar-refractivity contribution in [3.8, 4) is 0 Å². The Morgan fingerprint density at radius 1 is 0.800 bits per heavy atom. The van der Waals surface area contributed by atoms with E-state index in [9.17, 15) is 39.0 Å². The molecule has 18 nitrogen and oxygen atoms in total. The number of amides is 4. The molecule has 1 fully saturated rings. The van der Waals surface area contributed by atoms with Gasteiger partial charge in [-0.05, 0) is 10.8 Å². The molecule has 4 atom stereocenters. The predicted octanol–water partition coefficient (Wildman–Crippen LogP) is -0.660. The molecule has 4 amide bonds. The van der Waals surface area contributed by atoms with Crippen molar-refractivity contribution >= 4 is 58.7 Å². The van der Waals surface area contributed by atoms with Gasteiger partial charge in [0, 0.05) is 42.9 Å². The summed E-state index contributed by atoms with van der Waals surface area (Å²) >= 11 is 2.51. The molecule has 0 aromatic carbocycles. The van der Waals surface area contributed by atoms with Gasteiger partial charge in [0.15, 0.2) is 28.6 Å². The zero-order valence-corrected chi connectivity index (χ0v) is 25.6. The number of aromatic nitrogens is 6. The van der Waals surface area contributed by atoms with Gasteiger partial charge in [-0.15, -0.1) is 33.7 Å². The average Bonchev–Trinajstić information content (AvgIpc) is 3.67. The molecule has 0 radical (unpaired) electrons. The summed E-state index contributed by atoms with van der Waals surface area (Å²) in [6.07, 6.45) is -0.703. The van der Waals surface area contributed by atoms with Crippen LogP contribution in [0, 0.1) is 0 Å². The Balaban J connectivity index is 1.65. The van der Waals surface area contributed by atoms with E-state index in [0.29, 0.717) is 5.08 Å². The first-order valence-corrected chi connectivity index (χ1v) is 15.8.